The molecule has 3 heterocycles. The van der Waals surface area contributed by atoms with Crippen molar-refractivity contribution in [1.29, 1.82) is 0 Å². The molecule has 0 atom stereocenters. The number of hydrogen-bond acceptors (Lipinski definition) is 4. The summed E-state index contributed by atoms with van der Waals surface area (Å²) in [7, 11) is 0. The first kappa shape index (κ1) is 12.7. The van der Waals surface area contributed by atoms with Gasteiger partial charge in [0, 0.05) is 30.6 Å². The van der Waals surface area contributed by atoms with Gasteiger partial charge in [-0.1, -0.05) is 6.92 Å². The second-order valence-corrected chi connectivity index (χ2v) is 3.71. The summed E-state index contributed by atoms with van der Waals surface area (Å²) in [6.45, 7) is 1.60. The third-order valence-corrected chi connectivity index (χ3v) is 2.40. The Kier molecular flexibility index (Phi) is 3.87. The van der Waals surface area contributed by atoms with Crippen LogP contribution in [0.1, 0.15) is 13.3 Å². The summed E-state index contributed by atoms with van der Waals surface area (Å²) in [5.41, 5.74) is 2.78. The predicted octanol–water partition coefficient (Wildman–Crippen LogP) is 1.60. The van der Waals surface area contributed by atoms with Crippen LogP contribution >= 0.6 is 0 Å². The molecule has 3 aromatic heterocycles. The van der Waals surface area contributed by atoms with Gasteiger partial charge in [-0.2, -0.15) is 15.4 Å². The molecular weight excluding hydrogens is 246 g/mol. The number of rotatable bonds is 2. The number of H-pyrrole nitrogens is 1. The van der Waals surface area contributed by atoms with Gasteiger partial charge in [0.2, 0.25) is 0 Å². The molecule has 98 valence electrons. The minimum absolute atomic E-state index is 0.222. The molecule has 0 bridgehead atoms. The highest BCUT2D eigenvalue weighted by Gasteiger charge is 2.01. The highest BCUT2D eigenvalue weighted by atomic mass is 16.4. The van der Waals surface area contributed by atoms with Crippen LogP contribution in [-0.4, -0.2) is 35.9 Å². The maximum atomic E-state index is 9.37. The number of carboxylic acids is 1. The third kappa shape index (κ3) is 3.15. The molecule has 0 saturated heterocycles. The van der Waals surface area contributed by atoms with Crippen molar-refractivity contribution >= 4 is 11.6 Å². The SMILES string of the molecule is CCC(=O)O.c1cn2cc(-c3cn[nH]n3)ccc2n1. The van der Waals surface area contributed by atoms with E-state index in [1.54, 1.807) is 19.3 Å². The van der Waals surface area contributed by atoms with Gasteiger partial charge in [-0.05, 0) is 12.1 Å². The summed E-state index contributed by atoms with van der Waals surface area (Å²) in [6.07, 6.45) is 7.55. The summed E-state index contributed by atoms with van der Waals surface area (Å²) >= 11 is 0. The zero-order valence-electron chi connectivity index (χ0n) is 10.3. The van der Waals surface area contributed by atoms with Gasteiger partial charge in [0.05, 0.1) is 6.20 Å². The average molecular weight is 259 g/mol. The van der Waals surface area contributed by atoms with Crippen molar-refractivity contribution in [3.63, 3.8) is 0 Å². The first-order chi connectivity index (χ1) is 9.20. The van der Waals surface area contributed by atoms with Crippen LogP contribution in [0.2, 0.25) is 0 Å². The fraction of sp³-hybridized carbons (Fsp3) is 0.167. The summed E-state index contributed by atoms with van der Waals surface area (Å²) < 4.78 is 1.95. The van der Waals surface area contributed by atoms with Gasteiger partial charge < -0.3 is 9.51 Å². The van der Waals surface area contributed by atoms with E-state index in [9.17, 15) is 4.79 Å². The maximum absolute atomic E-state index is 9.37. The minimum atomic E-state index is -0.745. The lowest BCUT2D eigenvalue weighted by Crippen LogP contribution is -1.86. The average Bonchev–Trinajstić information content (AvgIpc) is 3.09. The molecule has 3 aromatic rings. The van der Waals surface area contributed by atoms with Crippen molar-refractivity contribution in [1.82, 2.24) is 24.8 Å². The highest BCUT2D eigenvalue weighted by Crippen LogP contribution is 2.15. The van der Waals surface area contributed by atoms with Crippen LogP contribution in [0.25, 0.3) is 16.9 Å². The molecule has 0 aliphatic heterocycles. The zero-order chi connectivity index (χ0) is 13.7. The number of nitrogens with zero attached hydrogens (tertiary/aromatic N) is 4. The molecular formula is C12H13N5O2. The second kappa shape index (κ2) is 5.76. The zero-order valence-corrected chi connectivity index (χ0v) is 10.3. The van der Waals surface area contributed by atoms with Crippen molar-refractivity contribution in [3.8, 4) is 11.3 Å². The normalized spacial score (nSPS) is 9.95. The Bertz CT molecular complexity index is 660. The van der Waals surface area contributed by atoms with E-state index >= 15 is 0 Å². The Morgan fingerprint density at radius 3 is 2.89 bits per heavy atom. The van der Waals surface area contributed by atoms with Crippen molar-refractivity contribution in [3.05, 3.63) is 36.9 Å². The topological polar surface area (TPSA) is 96.2 Å². The fourth-order valence-electron chi connectivity index (χ4n) is 1.41. The van der Waals surface area contributed by atoms with Gasteiger partial charge >= 0.3 is 5.97 Å². The highest BCUT2D eigenvalue weighted by molar-refractivity contribution is 5.66. The molecule has 0 saturated carbocycles. The molecule has 7 nitrogen and oxygen atoms in total. The number of aromatic nitrogens is 5. The number of nitrogens with one attached hydrogen (secondary N) is 1. The van der Waals surface area contributed by atoms with Crippen LogP contribution in [0.5, 0.6) is 0 Å². The van der Waals surface area contributed by atoms with Gasteiger partial charge in [0.1, 0.15) is 11.3 Å². The van der Waals surface area contributed by atoms with E-state index in [0.717, 1.165) is 16.9 Å². The number of aromatic amines is 1. The molecule has 0 aliphatic rings. The Balaban J connectivity index is 0.000000232. The first-order valence-corrected chi connectivity index (χ1v) is 5.71. The number of fused-ring (bicyclic) bond motifs is 1. The quantitative estimate of drug-likeness (QED) is 0.728. The van der Waals surface area contributed by atoms with Gasteiger partial charge in [0.25, 0.3) is 0 Å². The third-order valence-electron chi connectivity index (χ3n) is 2.40. The molecule has 0 amide bonds. The molecule has 0 spiro atoms. The van der Waals surface area contributed by atoms with Crippen LogP contribution in [0.3, 0.4) is 0 Å². The Labute approximate surface area is 108 Å². The van der Waals surface area contributed by atoms with Crippen LogP contribution in [0.15, 0.2) is 36.9 Å². The molecule has 7 heteroatoms. The maximum Gasteiger partial charge on any atom is 0.303 e. The van der Waals surface area contributed by atoms with Gasteiger partial charge in [0.15, 0.2) is 0 Å². The molecule has 19 heavy (non-hydrogen) atoms. The van der Waals surface area contributed by atoms with Crippen molar-refractivity contribution < 1.29 is 9.90 Å². The molecule has 0 aromatic carbocycles. The number of carboxylic acid groups (broad SMARTS) is 1. The minimum Gasteiger partial charge on any atom is -0.481 e. The summed E-state index contributed by atoms with van der Waals surface area (Å²) in [6, 6.07) is 3.92. The second-order valence-electron chi connectivity index (χ2n) is 3.71. The van der Waals surface area contributed by atoms with E-state index in [1.807, 2.05) is 28.9 Å². The van der Waals surface area contributed by atoms with Crippen LogP contribution in [0.4, 0.5) is 0 Å². The smallest absolute Gasteiger partial charge is 0.303 e. The Morgan fingerprint density at radius 1 is 1.47 bits per heavy atom. The lowest BCUT2D eigenvalue weighted by atomic mass is 10.2. The van der Waals surface area contributed by atoms with Crippen LogP contribution < -0.4 is 0 Å². The van der Waals surface area contributed by atoms with Crippen molar-refractivity contribution in [2.75, 3.05) is 0 Å². The molecule has 0 unspecified atom stereocenters. The van der Waals surface area contributed by atoms with Crippen LogP contribution in [-0.2, 0) is 4.79 Å². The standard InChI is InChI=1S/C9H7N5.C3H6O2/c1-2-9-10-3-4-14(9)6-7(1)8-5-11-13-12-8;1-2-3(4)5/h1-6H,(H,11,12,13);2H2,1H3,(H,4,5). The molecule has 0 radical (unpaired) electrons. The predicted molar refractivity (Wildman–Crippen MR) is 68.5 cm³/mol. The van der Waals surface area contributed by atoms with E-state index in [0.29, 0.717) is 0 Å². The van der Waals surface area contributed by atoms with E-state index in [-0.39, 0.29) is 6.42 Å². The lowest BCUT2D eigenvalue weighted by molar-refractivity contribution is -0.136. The molecule has 0 fully saturated rings. The van der Waals surface area contributed by atoms with E-state index in [4.69, 9.17) is 5.11 Å². The van der Waals surface area contributed by atoms with E-state index in [2.05, 4.69) is 20.4 Å². The summed E-state index contributed by atoms with van der Waals surface area (Å²) in [4.78, 5) is 13.5. The Morgan fingerprint density at radius 2 is 2.26 bits per heavy atom. The van der Waals surface area contributed by atoms with E-state index < -0.39 is 5.97 Å². The van der Waals surface area contributed by atoms with Gasteiger partial charge in [-0.25, -0.2) is 4.98 Å². The Hall–Kier alpha value is -2.70. The monoisotopic (exact) mass is 259 g/mol. The number of hydrogen-bond donors (Lipinski definition) is 2. The number of aliphatic carboxylic acids is 1. The number of carbonyl (C=O) groups is 1. The molecule has 0 aliphatic carbocycles. The summed E-state index contributed by atoms with van der Waals surface area (Å²) in [5.74, 6) is -0.745. The molecule has 2 N–H and O–H groups in total. The summed E-state index contributed by atoms with van der Waals surface area (Å²) in [5, 5.41) is 18.1. The van der Waals surface area contributed by atoms with Crippen molar-refractivity contribution in [2.45, 2.75) is 13.3 Å². The lowest BCUT2D eigenvalue weighted by Gasteiger charge is -1.96. The largest absolute Gasteiger partial charge is 0.481 e. The van der Waals surface area contributed by atoms with Crippen LogP contribution in [0, 0.1) is 0 Å². The fourth-order valence-corrected chi connectivity index (χ4v) is 1.41. The number of imidazole rings is 1. The van der Waals surface area contributed by atoms with Crippen molar-refractivity contribution in [2.24, 2.45) is 0 Å². The number of pyridine rings is 1. The van der Waals surface area contributed by atoms with Gasteiger partial charge in [-0.15, -0.1) is 0 Å². The first-order valence-electron chi connectivity index (χ1n) is 5.71. The van der Waals surface area contributed by atoms with Gasteiger partial charge in [-0.3, -0.25) is 4.79 Å². The molecule has 3 rings (SSSR count). The van der Waals surface area contributed by atoms with E-state index in [1.165, 1.54) is 0 Å².